The minimum Gasteiger partial charge on any atom is -0.299 e. The summed E-state index contributed by atoms with van der Waals surface area (Å²) in [6.07, 6.45) is 10.4. The predicted octanol–water partition coefficient (Wildman–Crippen LogP) is 5.13. The van der Waals surface area contributed by atoms with Crippen molar-refractivity contribution in [1.29, 1.82) is 0 Å². The van der Waals surface area contributed by atoms with E-state index in [1.54, 1.807) is 0 Å². The average Bonchev–Trinajstić information content (AvgIpc) is 2.26. The van der Waals surface area contributed by atoms with Crippen LogP contribution in [0.1, 0.15) is 85.5 Å². The number of unbranched alkanes of at least 4 members (excludes halogenated alkanes) is 5. The molecule has 0 aromatic carbocycles. The lowest BCUT2D eigenvalue weighted by Gasteiger charge is -2.22. The normalized spacial score (nSPS) is 11.8. The maximum Gasteiger partial charge on any atom is 0.138 e. The van der Waals surface area contributed by atoms with E-state index in [9.17, 15) is 4.79 Å². The van der Waals surface area contributed by atoms with Crippen molar-refractivity contribution in [3.8, 4) is 0 Å². The molecule has 0 saturated carbocycles. The number of Topliss-reactive ketones (excluding diaryl/α,β-unsaturated/α-hetero) is 1. The Morgan fingerprint density at radius 1 is 0.875 bits per heavy atom. The quantitative estimate of drug-likeness (QED) is 0.472. The minimum absolute atomic E-state index is 0.0826. The molecule has 0 aromatic heterocycles. The van der Waals surface area contributed by atoms with Gasteiger partial charge in [0, 0.05) is 11.8 Å². The highest BCUT2D eigenvalue weighted by Crippen LogP contribution is 2.26. The molecule has 0 bridgehead atoms. The van der Waals surface area contributed by atoms with Crippen molar-refractivity contribution in [2.45, 2.75) is 85.5 Å². The van der Waals surface area contributed by atoms with Gasteiger partial charge in [-0.25, -0.2) is 0 Å². The molecule has 0 aliphatic carbocycles. The van der Waals surface area contributed by atoms with Crippen molar-refractivity contribution >= 4 is 5.78 Å². The number of carbonyl (C=O) groups is 1. The second-order valence-corrected chi connectivity index (χ2v) is 5.57. The van der Waals surface area contributed by atoms with Crippen molar-refractivity contribution < 1.29 is 4.79 Å². The molecule has 0 N–H and O–H groups in total. The molecule has 0 aliphatic rings. The lowest BCUT2D eigenvalue weighted by Crippen LogP contribution is -2.23. The number of rotatable bonds is 10. The molecule has 0 atom stereocenters. The van der Waals surface area contributed by atoms with Gasteiger partial charge >= 0.3 is 0 Å². The van der Waals surface area contributed by atoms with Crippen molar-refractivity contribution in [2.75, 3.05) is 0 Å². The zero-order chi connectivity index (χ0) is 12.4. The summed E-state index contributed by atoms with van der Waals surface area (Å²) in [7, 11) is 0. The predicted molar refractivity (Wildman–Crippen MR) is 71.7 cm³/mol. The molecule has 1 nitrogen and oxygen atoms in total. The Bertz CT molecular complexity index is 182. The molecule has 0 amide bonds. The first-order valence-corrected chi connectivity index (χ1v) is 7.08. The number of ketones is 1. The van der Waals surface area contributed by atoms with E-state index in [1.165, 1.54) is 38.5 Å². The molecular formula is C15H30O. The fourth-order valence-corrected chi connectivity index (χ4v) is 1.99. The second kappa shape index (κ2) is 8.78. The van der Waals surface area contributed by atoms with Gasteiger partial charge in [0.15, 0.2) is 0 Å². The van der Waals surface area contributed by atoms with Crippen molar-refractivity contribution in [3.63, 3.8) is 0 Å². The van der Waals surface area contributed by atoms with E-state index in [1.807, 2.05) is 0 Å². The Balaban J connectivity index is 3.69. The summed E-state index contributed by atoms with van der Waals surface area (Å²) in [5.74, 6) is 0.470. The standard InChI is InChI=1S/C15H30O/c1-5-7-9-10-11-12-14(16)15(3,4)13-8-6-2/h5-13H2,1-4H3. The maximum absolute atomic E-state index is 12.0. The van der Waals surface area contributed by atoms with Crippen LogP contribution in [0, 0.1) is 5.41 Å². The van der Waals surface area contributed by atoms with Gasteiger partial charge in [0.1, 0.15) is 5.78 Å². The van der Waals surface area contributed by atoms with Crippen LogP contribution in [-0.2, 0) is 4.79 Å². The number of carbonyl (C=O) groups excluding carboxylic acids is 1. The van der Waals surface area contributed by atoms with Crippen LogP contribution in [0.4, 0.5) is 0 Å². The number of hydrogen-bond acceptors (Lipinski definition) is 1. The Labute approximate surface area is 102 Å². The van der Waals surface area contributed by atoms with E-state index in [2.05, 4.69) is 27.7 Å². The van der Waals surface area contributed by atoms with Crippen molar-refractivity contribution in [3.05, 3.63) is 0 Å². The van der Waals surface area contributed by atoms with E-state index in [-0.39, 0.29) is 5.41 Å². The van der Waals surface area contributed by atoms with E-state index >= 15 is 0 Å². The second-order valence-electron chi connectivity index (χ2n) is 5.57. The molecule has 16 heavy (non-hydrogen) atoms. The molecule has 0 rings (SSSR count). The van der Waals surface area contributed by atoms with E-state index in [0.717, 1.165) is 19.3 Å². The largest absolute Gasteiger partial charge is 0.299 e. The van der Waals surface area contributed by atoms with Gasteiger partial charge in [-0.05, 0) is 12.8 Å². The molecule has 0 aliphatic heterocycles. The Hall–Kier alpha value is -0.330. The third-order valence-electron chi connectivity index (χ3n) is 3.42. The van der Waals surface area contributed by atoms with Crippen LogP contribution in [0.5, 0.6) is 0 Å². The van der Waals surface area contributed by atoms with Gasteiger partial charge in [-0.2, -0.15) is 0 Å². The first kappa shape index (κ1) is 15.7. The van der Waals surface area contributed by atoms with Crippen LogP contribution in [0.25, 0.3) is 0 Å². The van der Waals surface area contributed by atoms with Crippen LogP contribution >= 0.6 is 0 Å². The van der Waals surface area contributed by atoms with Gasteiger partial charge in [-0.3, -0.25) is 4.79 Å². The van der Waals surface area contributed by atoms with Gasteiger partial charge in [0.2, 0.25) is 0 Å². The minimum atomic E-state index is -0.0826. The van der Waals surface area contributed by atoms with Gasteiger partial charge in [-0.1, -0.05) is 66.2 Å². The Morgan fingerprint density at radius 2 is 1.44 bits per heavy atom. The highest BCUT2D eigenvalue weighted by Gasteiger charge is 2.25. The summed E-state index contributed by atoms with van der Waals surface area (Å²) in [5, 5.41) is 0. The summed E-state index contributed by atoms with van der Waals surface area (Å²) >= 11 is 0. The zero-order valence-corrected chi connectivity index (χ0v) is 11.8. The van der Waals surface area contributed by atoms with Crippen molar-refractivity contribution in [2.24, 2.45) is 5.41 Å². The highest BCUT2D eigenvalue weighted by atomic mass is 16.1. The maximum atomic E-state index is 12.0. The Kier molecular flexibility index (Phi) is 8.60. The lowest BCUT2D eigenvalue weighted by molar-refractivity contribution is -0.127. The van der Waals surface area contributed by atoms with E-state index < -0.39 is 0 Å². The monoisotopic (exact) mass is 226 g/mol. The molecule has 0 spiro atoms. The first-order valence-electron chi connectivity index (χ1n) is 7.08. The smallest absolute Gasteiger partial charge is 0.138 e. The summed E-state index contributed by atoms with van der Waals surface area (Å²) in [6.45, 7) is 8.62. The fraction of sp³-hybridized carbons (Fsp3) is 0.933. The topological polar surface area (TPSA) is 17.1 Å². The van der Waals surface area contributed by atoms with Gasteiger partial charge in [-0.15, -0.1) is 0 Å². The van der Waals surface area contributed by atoms with Crippen LogP contribution in [0.2, 0.25) is 0 Å². The van der Waals surface area contributed by atoms with Gasteiger partial charge in [0.25, 0.3) is 0 Å². The molecule has 0 saturated heterocycles. The number of hydrogen-bond donors (Lipinski definition) is 0. The Morgan fingerprint density at radius 3 is 2.00 bits per heavy atom. The third kappa shape index (κ3) is 7.03. The van der Waals surface area contributed by atoms with E-state index in [0.29, 0.717) is 5.78 Å². The zero-order valence-electron chi connectivity index (χ0n) is 11.8. The van der Waals surface area contributed by atoms with Crippen LogP contribution in [0.3, 0.4) is 0 Å². The van der Waals surface area contributed by atoms with Crippen LogP contribution < -0.4 is 0 Å². The highest BCUT2D eigenvalue weighted by molar-refractivity contribution is 5.83. The molecule has 0 radical (unpaired) electrons. The van der Waals surface area contributed by atoms with Gasteiger partial charge < -0.3 is 0 Å². The third-order valence-corrected chi connectivity index (χ3v) is 3.42. The first-order chi connectivity index (χ1) is 7.54. The summed E-state index contributed by atoms with van der Waals surface area (Å²) in [6, 6.07) is 0. The average molecular weight is 226 g/mol. The van der Waals surface area contributed by atoms with Crippen LogP contribution in [-0.4, -0.2) is 5.78 Å². The summed E-state index contributed by atoms with van der Waals surface area (Å²) < 4.78 is 0. The molecular weight excluding hydrogens is 196 g/mol. The molecule has 0 unspecified atom stereocenters. The molecule has 0 heterocycles. The van der Waals surface area contributed by atoms with Crippen molar-refractivity contribution in [1.82, 2.24) is 0 Å². The molecule has 96 valence electrons. The SMILES string of the molecule is CCCCCCCC(=O)C(C)(C)CCCC. The summed E-state index contributed by atoms with van der Waals surface area (Å²) in [5.41, 5.74) is -0.0826. The molecule has 0 fully saturated rings. The van der Waals surface area contributed by atoms with E-state index in [4.69, 9.17) is 0 Å². The lowest BCUT2D eigenvalue weighted by atomic mass is 9.81. The van der Waals surface area contributed by atoms with Gasteiger partial charge in [0.05, 0.1) is 0 Å². The summed E-state index contributed by atoms with van der Waals surface area (Å²) in [4.78, 5) is 12.0. The molecule has 1 heteroatoms. The fourth-order valence-electron chi connectivity index (χ4n) is 1.99. The van der Waals surface area contributed by atoms with Crippen LogP contribution in [0.15, 0.2) is 0 Å². The molecule has 0 aromatic rings.